The third-order valence-corrected chi connectivity index (χ3v) is 3.71. The molecule has 1 saturated heterocycles. The number of hydrogen-bond donors (Lipinski definition) is 2. The van der Waals surface area contributed by atoms with Gasteiger partial charge < -0.3 is 20.7 Å². The average Bonchev–Trinajstić information content (AvgIpc) is 2.94. The van der Waals surface area contributed by atoms with Crippen LogP contribution in [0.5, 0.6) is 0 Å². The van der Waals surface area contributed by atoms with Crippen LogP contribution in [-0.2, 0) is 4.74 Å². The average molecular weight is 291 g/mol. The van der Waals surface area contributed by atoms with E-state index in [-0.39, 0.29) is 12.0 Å². The molecule has 1 aromatic rings. The molecule has 2 rings (SSSR count). The van der Waals surface area contributed by atoms with Crippen molar-refractivity contribution in [1.29, 1.82) is 0 Å². The molecule has 0 bridgehead atoms. The molecule has 0 aliphatic carbocycles. The molecule has 3 N–H and O–H groups in total. The van der Waals surface area contributed by atoms with Gasteiger partial charge in [-0.05, 0) is 51.9 Å². The maximum Gasteiger partial charge on any atom is 0.340 e. The number of nitrogens with one attached hydrogen (secondary N) is 1. The lowest BCUT2D eigenvalue weighted by atomic mass is 10.1. The number of ether oxygens (including phenoxy) is 1. The topological polar surface area (TPSA) is 67.6 Å². The number of esters is 1. The van der Waals surface area contributed by atoms with Crippen LogP contribution in [0.15, 0.2) is 18.2 Å². The molecule has 1 aliphatic rings. The third kappa shape index (κ3) is 4.11. The minimum atomic E-state index is -0.333. The monoisotopic (exact) mass is 291 g/mol. The van der Waals surface area contributed by atoms with Crippen LogP contribution in [0.25, 0.3) is 0 Å². The van der Waals surface area contributed by atoms with Crippen LogP contribution >= 0.6 is 0 Å². The fourth-order valence-corrected chi connectivity index (χ4v) is 2.75. The van der Waals surface area contributed by atoms with Crippen molar-refractivity contribution in [3.8, 4) is 0 Å². The van der Waals surface area contributed by atoms with Crippen molar-refractivity contribution in [2.45, 2.75) is 32.7 Å². The van der Waals surface area contributed by atoms with Gasteiger partial charge >= 0.3 is 5.97 Å². The van der Waals surface area contributed by atoms with Gasteiger partial charge in [0.05, 0.1) is 23.5 Å². The Morgan fingerprint density at radius 3 is 2.81 bits per heavy atom. The molecule has 1 atom stereocenters. The lowest BCUT2D eigenvalue weighted by Gasteiger charge is -2.23. The highest BCUT2D eigenvalue weighted by atomic mass is 16.5. The van der Waals surface area contributed by atoms with E-state index in [1.54, 1.807) is 25.1 Å². The van der Waals surface area contributed by atoms with Crippen LogP contribution in [0.1, 0.15) is 37.0 Å². The van der Waals surface area contributed by atoms with Gasteiger partial charge in [0, 0.05) is 12.6 Å². The third-order valence-electron chi connectivity index (χ3n) is 3.71. The van der Waals surface area contributed by atoms with Crippen molar-refractivity contribution in [2.24, 2.45) is 0 Å². The summed E-state index contributed by atoms with van der Waals surface area (Å²) >= 11 is 0. The molecule has 1 aliphatic heterocycles. The first-order valence-electron chi connectivity index (χ1n) is 7.66. The van der Waals surface area contributed by atoms with Crippen molar-refractivity contribution in [1.82, 2.24) is 4.90 Å². The zero-order valence-corrected chi connectivity index (χ0v) is 12.9. The molecule has 0 aromatic heterocycles. The number of nitrogen functional groups attached to an aromatic ring is 1. The molecule has 5 nitrogen and oxygen atoms in total. The van der Waals surface area contributed by atoms with Crippen molar-refractivity contribution in [2.75, 3.05) is 37.3 Å². The minimum Gasteiger partial charge on any atom is -0.462 e. The summed E-state index contributed by atoms with van der Waals surface area (Å²) in [5.74, 6) is -0.333. The number of benzene rings is 1. The molecule has 0 spiro atoms. The Kier molecular flexibility index (Phi) is 5.44. The Morgan fingerprint density at radius 2 is 2.14 bits per heavy atom. The molecule has 1 fully saturated rings. The van der Waals surface area contributed by atoms with E-state index in [1.165, 1.54) is 12.8 Å². The molecule has 0 saturated carbocycles. The lowest BCUT2D eigenvalue weighted by Crippen LogP contribution is -2.33. The molecule has 116 valence electrons. The highest BCUT2D eigenvalue weighted by Crippen LogP contribution is 2.25. The van der Waals surface area contributed by atoms with Gasteiger partial charge in [-0.25, -0.2) is 4.79 Å². The molecular formula is C16H25N3O2. The van der Waals surface area contributed by atoms with E-state index in [9.17, 15) is 4.79 Å². The predicted octanol–water partition coefficient (Wildman–Crippen LogP) is 2.34. The minimum absolute atomic E-state index is 0.223. The van der Waals surface area contributed by atoms with E-state index < -0.39 is 0 Å². The second kappa shape index (κ2) is 7.31. The second-order valence-electron chi connectivity index (χ2n) is 5.54. The Bertz CT molecular complexity index is 484. The summed E-state index contributed by atoms with van der Waals surface area (Å²) in [6.45, 7) is 7.53. The van der Waals surface area contributed by atoms with E-state index in [0.29, 0.717) is 23.5 Å². The number of nitrogens with two attached hydrogens (primary N) is 1. The molecule has 1 unspecified atom stereocenters. The van der Waals surface area contributed by atoms with Crippen LogP contribution in [0, 0.1) is 0 Å². The van der Waals surface area contributed by atoms with Crippen LogP contribution in [0.3, 0.4) is 0 Å². The lowest BCUT2D eigenvalue weighted by molar-refractivity contribution is 0.0527. The first kappa shape index (κ1) is 15.6. The SMILES string of the molecule is CCOC(=O)c1cccc(N)c1NC(C)CN1CCCC1. The number of carbonyl (C=O) groups is 1. The summed E-state index contributed by atoms with van der Waals surface area (Å²) in [6, 6.07) is 5.55. The Labute approximate surface area is 126 Å². The van der Waals surface area contributed by atoms with E-state index >= 15 is 0 Å². The Balaban J connectivity index is 2.08. The normalized spacial score (nSPS) is 16.7. The van der Waals surface area contributed by atoms with Gasteiger partial charge in [-0.1, -0.05) is 6.07 Å². The van der Waals surface area contributed by atoms with Gasteiger partial charge in [-0.2, -0.15) is 0 Å². The molecule has 5 heteroatoms. The molecule has 21 heavy (non-hydrogen) atoms. The van der Waals surface area contributed by atoms with Crippen molar-refractivity contribution < 1.29 is 9.53 Å². The molecule has 1 aromatic carbocycles. The number of likely N-dealkylation sites (tertiary alicyclic amines) is 1. The van der Waals surface area contributed by atoms with Gasteiger partial charge in [-0.3, -0.25) is 0 Å². The van der Waals surface area contributed by atoms with Crippen molar-refractivity contribution >= 4 is 17.3 Å². The number of hydrogen-bond acceptors (Lipinski definition) is 5. The van der Waals surface area contributed by atoms with Crippen molar-refractivity contribution in [3.05, 3.63) is 23.8 Å². The predicted molar refractivity (Wildman–Crippen MR) is 85.6 cm³/mol. The fourth-order valence-electron chi connectivity index (χ4n) is 2.75. The quantitative estimate of drug-likeness (QED) is 0.622. The van der Waals surface area contributed by atoms with Crippen LogP contribution < -0.4 is 11.1 Å². The first-order valence-corrected chi connectivity index (χ1v) is 7.66. The number of nitrogens with zero attached hydrogens (tertiary/aromatic N) is 1. The highest BCUT2D eigenvalue weighted by Gasteiger charge is 2.19. The molecule has 0 radical (unpaired) electrons. The van der Waals surface area contributed by atoms with Gasteiger partial charge in [0.2, 0.25) is 0 Å². The van der Waals surface area contributed by atoms with E-state index in [4.69, 9.17) is 10.5 Å². The van der Waals surface area contributed by atoms with E-state index in [1.807, 2.05) is 0 Å². The summed E-state index contributed by atoms with van der Waals surface area (Å²) in [7, 11) is 0. The summed E-state index contributed by atoms with van der Waals surface area (Å²) in [6.07, 6.45) is 2.54. The zero-order valence-electron chi connectivity index (χ0n) is 12.9. The van der Waals surface area contributed by atoms with Crippen LogP contribution in [0.2, 0.25) is 0 Å². The smallest absolute Gasteiger partial charge is 0.340 e. The van der Waals surface area contributed by atoms with Gasteiger partial charge in [0.25, 0.3) is 0 Å². The number of rotatable bonds is 6. The Hall–Kier alpha value is -1.75. The summed E-state index contributed by atoms with van der Waals surface area (Å²) < 4.78 is 5.09. The Morgan fingerprint density at radius 1 is 1.43 bits per heavy atom. The van der Waals surface area contributed by atoms with E-state index in [0.717, 1.165) is 19.6 Å². The molecular weight excluding hydrogens is 266 g/mol. The van der Waals surface area contributed by atoms with Crippen molar-refractivity contribution in [3.63, 3.8) is 0 Å². The maximum atomic E-state index is 12.0. The zero-order chi connectivity index (χ0) is 15.2. The standard InChI is InChI=1S/C16H25N3O2/c1-3-21-16(20)13-7-6-8-14(17)15(13)18-12(2)11-19-9-4-5-10-19/h6-8,12,18H,3-5,9-11,17H2,1-2H3. The molecule has 0 amide bonds. The number of anilines is 2. The number of para-hydroxylation sites is 1. The molecule has 1 heterocycles. The van der Waals surface area contributed by atoms with Gasteiger partial charge in [0.1, 0.15) is 0 Å². The van der Waals surface area contributed by atoms with Gasteiger partial charge in [0.15, 0.2) is 0 Å². The largest absolute Gasteiger partial charge is 0.462 e. The first-order chi connectivity index (χ1) is 10.1. The summed E-state index contributed by atoms with van der Waals surface area (Å²) in [5.41, 5.74) is 7.79. The summed E-state index contributed by atoms with van der Waals surface area (Å²) in [5, 5.41) is 3.38. The van der Waals surface area contributed by atoms with Crippen LogP contribution in [-0.4, -0.2) is 43.2 Å². The fraction of sp³-hybridized carbons (Fsp3) is 0.562. The highest BCUT2D eigenvalue weighted by molar-refractivity contribution is 5.98. The van der Waals surface area contributed by atoms with E-state index in [2.05, 4.69) is 17.1 Å². The maximum absolute atomic E-state index is 12.0. The summed E-state index contributed by atoms with van der Waals surface area (Å²) in [4.78, 5) is 14.4. The number of carbonyl (C=O) groups excluding carboxylic acids is 1. The van der Waals surface area contributed by atoms with Crippen LogP contribution in [0.4, 0.5) is 11.4 Å². The second-order valence-corrected chi connectivity index (χ2v) is 5.54. The van der Waals surface area contributed by atoms with Gasteiger partial charge in [-0.15, -0.1) is 0 Å².